The van der Waals surface area contributed by atoms with Gasteiger partial charge in [0.05, 0.1) is 0 Å². The zero-order valence-corrected chi connectivity index (χ0v) is 10.8. The summed E-state index contributed by atoms with van der Waals surface area (Å²) < 4.78 is 12.8. The summed E-state index contributed by atoms with van der Waals surface area (Å²) in [5.74, 6) is -0.188. The highest BCUT2D eigenvalue weighted by Crippen LogP contribution is 2.22. The lowest BCUT2D eigenvalue weighted by atomic mass is 10.1. The number of rotatable bonds is 4. The minimum atomic E-state index is -0.188. The molecule has 0 aliphatic rings. The fourth-order valence-electron chi connectivity index (χ4n) is 1.84. The van der Waals surface area contributed by atoms with E-state index < -0.39 is 0 Å². The molecule has 1 unspecified atom stereocenters. The first kappa shape index (κ1) is 12.3. The molecule has 0 radical (unpaired) electrons. The molecule has 2 aromatic rings. The first-order valence-electron chi connectivity index (χ1n) is 5.71. The molecule has 0 aliphatic carbocycles. The van der Waals surface area contributed by atoms with E-state index in [4.69, 9.17) is 0 Å². The molecule has 1 aromatic heterocycles. The van der Waals surface area contributed by atoms with Crippen LogP contribution in [0.25, 0.3) is 0 Å². The Labute approximate surface area is 105 Å². The van der Waals surface area contributed by atoms with Crippen molar-refractivity contribution in [3.05, 3.63) is 58.0 Å². The van der Waals surface area contributed by atoms with Gasteiger partial charge in [0.1, 0.15) is 5.82 Å². The fraction of sp³-hybridized carbons (Fsp3) is 0.286. The van der Waals surface area contributed by atoms with Gasteiger partial charge >= 0.3 is 0 Å². The minimum absolute atomic E-state index is 0.188. The quantitative estimate of drug-likeness (QED) is 0.852. The average molecular weight is 249 g/mol. The van der Waals surface area contributed by atoms with E-state index in [0.717, 1.165) is 5.56 Å². The maximum absolute atomic E-state index is 12.8. The van der Waals surface area contributed by atoms with E-state index in [1.165, 1.54) is 17.0 Å². The molecule has 1 aromatic carbocycles. The van der Waals surface area contributed by atoms with Crippen LogP contribution < -0.4 is 5.32 Å². The van der Waals surface area contributed by atoms with Crippen molar-refractivity contribution in [2.24, 2.45) is 0 Å². The van der Waals surface area contributed by atoms with E-state index in [9.17, 15) is 4.39 Å². The second-order valence-corrected chi connectivity index (χ2v) is 5.16. The Bertz CT molecular complexity index is 450. The molecule has 2 rings (SSSR count). The van der Waals surface area contributed by atoms with Crippen LogP contribution in [-0.2, 0) is 0 Å². The second kappa shape index (κ2) is 5.43. The Morgan fingerprint density at radius 2 is 1.76 bits per heavy atom. The Morgan fingerprint density at radius 3 is 2.35 bits per heavy atom. The number of thiophene rings is 1. The van der Waals surface area contributed by atoms with Gasteiger partial charge in [-0.25, -0.2) is 4.39 Å². The molecule has 3 heteroatoms. The molecule has 0 saturated heterocycles. The zero-order chi connectivity index (χ0) is 12.3. The lowest BCUT2D eigenvalue weighted by Crippen LogP contribution is -2.21. The smallest absolute Gasteiger partial charge is 0.123 e. The third-order valence-electron chi connectivity index (χ3n) is 2.84. The van der Waals surface area contributed by atoms with Crippen LogP contribution >= 0.6 is 11.3 Å². The third kappa shape index (κ3) is 3.14. The van der Waals surface area contributed by atoms with Gasteiger partial charge in [-0.05, 0) is 43.0 Å². The van der Waals surface area contributed by atoms with Gasteiger partial charge in [0.15, 0.2) is 0 Å². The molecule has 0 aliphatic heterocycles. The minimum Gasteiger partial charge on any atom is -0.303 e. The monoisotopic (exact) mass is 249 g/mol. The van der Waals surface area contributed by atoms with E-state index in [1.54, 1.807) is 11.3 Å². The normalized spacial score (nSPS) is 14.5. The van der Waals surface area contributed by atoms with Gasteiger partial charge in [0.25, 0.3) is 0 Å². The van der Waals surface area contributed by atoms with E-state index in [2.05, 4.69) is 36.7 Å². The van der Waals surface area contributed by atoms with Gasteiger partial charge in [0, 0.05) is 17.0 Å². The highest BCUT2D eigenvalue weighted by molar-refractivity contribution is 7.10. The van der Waals surface area contributed by atoms with Crippen molar-refractivity contribution >= 4 is 11.3 Å². The van der Waals surface area contributed by atoms with Gasteiger partial charge in [-0.2, -0.15) is 0 Å². The molecule has 0 bridgehead atoms. The van der Waals surface area contributed by atoms with Gasteiger partial charge in [-0.15, -0.1) is 11.3 Å². The lowest BCUT2D eigenvalue weighted by molar-refractivity contribution is 0.499. The van der Waals surface area contributed by atoms with Crippen molar-refractivity contribution < 1.29 is 4.39 Å². The number of hydrogen-bond donors (Lipinski definition) is 1. The summed E-state index contributed by atoms with van der Waals surface area (Å²) in [6, 6.07) is 11.4. The van der Waals surface area contributed by atoms with Crippen LogP contribution in [0.4, 0.5) is 4.39 Å². The van der Waals surface area contributed by atoms with Crippen LogP contribution in [0.5, 0.6) is 0 Å². The Kier molecular flexibility index (Phi) is 3.92. The number of hydrogen-bond acceptors (Lipinski definition) is 2. The molecule has 1 nitrogen and oxygen atoms in total. The molecule has 0 fully saturated rings. The zero-order valence-electron chi connectivity index (χ0n) is 9.98. The molecule has 90 valence electrons. The van der Waals surface area contributed by atoms with Crippen LogP contribution in [0.1, 0.15) is 36.4 Å². The van der Waals surface area contributed by atoms with Gasteiger partial charge in [-0.3, -0.25) is 0 Å². The van der Waals surface area contributed by atoms with Crippen molar-refractivity contribution in [2.45, 2.75) is 25.9 Å². The summed E-state index contributed by atoms with van der Waals surface area (Å²) in [6.45, 7) is 4.24. The van der Waals surface area contributed by atoms with Crippen LogP contribution in [-0.4, -0.2) is 0 Å². The standard InChI is InChI=1S/C14H16FNS/c1-10(12-5-7-13(15)8-6-12)16-11(2)14-4-3-9-17-14/h3-11,16H,1-2H3/t10?,11-/m1/s1. The number of nitrogens with one attached hydrogen (secondary N) is 1. The highest BCUT2D eigenvalue weighted by atomic mass is 32.1. The molecule has 0 spiro atoms. The van der Waals surface area contributed by atoms with E-state index in [-0.39, 0.29) is 11.9 Å². The van der Waals surface area contributed by atoms with E-state index in [1.807, 2.05) is 12.1 Å². The Morgan fingerprint density at radius 1 is 1.06 bits per heavy atom. The van der Waals surface area contributed by atoms with Crippen LogP contribution in [0.3, 0.4) is 0 Å². The van der Waals surface area contributed by atoms with Gasteiger partial charge in [0.2, 0.25) is 0 Å². The summed E-state index contributed by atoms with van der Waals surface area (Å²) >= 11 is 1.75. The van der Waals surface area contributed by atoms with Crippen molar-refractivity contribution in [3.63, 3.8) is 0 Å². The summed E-state index contributed by atoms with van der Waals surface area (Å²) in [5.41, 5.74) is 1.11. The second-order valence-electron chi connectivity index (χ2n) is 4.18. The van der Waals surface area contributed by atoms with E-state index in [0.29, 0.717) is 6.04 Å². The average Bonchev–Trinajstić information content (AvgIpc) is 2.83. The van der Waals surface area contributed by atoms with Crippen LogP contribution in [0.15, 0.2) is 41.8 Å². The van der Waals surface area contributed by atoms with Crippen LogP contribution in [0.2, 0.25) is 0 Å². The SMILES string of the molecule is CC(N[C@H](C)c1cccs1)c1ccc(F)cc1. The first-order chi connectivity index (χ1) is 8.16. The summed E-state index contributed by atoms with van der Waals surface area (Å²) in [6.07, 6.45) is 0. The van der Waals surface area contributed by atoms with Gasteiger partial charge < -0.3 is 5.32 Å². The maximum Gasteiger partial charge on any atom is 0.123 e. The summed E-state index contributed by atoms with van der Waals surface area (Å²) in [4.78, 5) is 1.32. The van der Waals surface area contributed by atoms with Crippen molar-refractivity contribution in [1.29, 1.82) is 0 Å². The third-order valence-corrected chi connectivity index (χ3v) is 3.89. The highest BCUT2D eigenvalue weighted by Gasteiger charge is 2.11. The van der Waals surface area contributed by atoms with Crippen LogP contribution in [0, 0.1) is 5.82 Å². The van der Waals surface area contributed by atoms with Crippen molar-refractivity contribution in [2.75, 3.05) is 0 Å². The molecule has 1 N–H and O–H groups in total. The number of benzene rings is 1. The van der Waals surface area contributed by atoms with Gasteiger partial charge in [-0.1, -0.05) is 18.2 Å². The van der Waals surface area contributed by atoms with Crippen molar-refractivity contribution in [1.82, 2.24) is 5.32 Å². The predicted molar refractivity (Wildman–Crippen MR) is 70.7 cm³/mol. The fourth-order valence-corrected chi connectivity index (χ4v) is 2.59. The maximum atomic E-state index is 12.8. The molecule has 17 heavy (non-hydrogen) atoms. The number of halogens is 1. The predicted octanol–water partition coefficient (Wildman–Crippen LogP) is 4.30. The molecule has 0 saturated carbocycles. The molecule has 2 atom stereocenters. The molecular weight excluding hydrogens is 233 g/mol. The summed E-state index contributed by atoms with van der Waals surface area (Å²) in [5, 5.41) is 5.59. The topological polar surface area (TPSA) is 12.0 Å². The lowest BCUT2D eigenvalue weighted by Gasteiger charge is -2.19. The Hall–Kier alpha value is -1.19. The first-order valence-corrected chi connectivity index (χ1v) is 6.59. The molecular formula is C14H16FNS. The molecule has 0 amide bonds. The van der Waals surface area contributed by atoms with Crippen molar-refractivity contribution in [3.8, 4) is 0 Å². The Balaban J connectivity index is 2.01. The largest absolute Gasteiger partial charge is 0.303 e. The molecule has 1 heterocycles. The summed E-state index contributed by atoms with van der Waals surface area (Å²) in [7, 11) is 0. The van der Waals surface area contributed by atoms with E-state index >= 15 is 0 Å².